The number of aliphatic imine (C=N–C) groups is 1. The molecule has 0 amide bonds. The summed E-state index contributed by atoms with van der Waals surface area (Å²) in [6.07, 6.45) is 0. The molecule has 1 heterocycles. The van der Waals surface area contributed by atoms with Crippen molar-refractivity contribution in [1.29, 1.82) is 0 Å². The average Bonchev–Trinajstić information content (AvgIpc) is 3.19. The third kappa shape index (κ3) is 4.79. The van der Waals surface area contributed by atoms with E-state index in [9.17, 15) is 0 Å². The van der Waals surface area contributed by atoms with Gasteiger partial charge in [-0.05, 0) is 65.4 Å². The zero-order chi connectivity index (χ0) is 22.9. The monoisotopic (exact) mass is 466 g/mol. The predicted molar refractivity (Wildman–Crippen MR) is 134 cm³/mol. The fourth-order valence-corrected chi connectivity index (χ4v) is 4.20. The minimum Gasteiger partial charge on any atom is -0.493 e. The average molecular weight is 467 g/mol. The highest BCUT2D eigenvalue weighted by Crippen LogP contribution is 2.39. The first-order chi connectivity index (χ1) is 15.3. The van der Waals surface area contributed by atoms with E-state index in [0.717, 1.165) is 28.3 Å². The van der Waals surface area contributed by atoms with Crippen LogP contribution in [0.4, 0.5) is 0 Å². The fraction of sp³-hybridized carbons (Fsp3) is 0.296. The molecule has 3 nitrogen and oxygen atoms in total. The zero-order valence-electron chi connectivity index (χ0n) is 18.8. The van der Waals surface area contributed by atoms with Gasteiger partial charge in [0.25, 0.3) is 0 Å². The maximum Gasteiger partial charge on any atom is 0.133 e. The third-order valence-corrected chi connectivity index (χ3v) is 6.22. The molecule has 0 aromatic heterocycles. The molecule has 5 heteroatoms. The maximum atomic E-state index is 6.14. The number of rotatable bonds is 5. The van der Waals surface area contributed by atoms with Gasteiger partial charge in [0.15, 0.2) is 0 Å². The van der Waals surface area contributed by atoms with Crippen molar-refractivity contribution in [2.75, 3.05) is 6.61 Å². The first-order valence-electron chi connectivity index (χ1n) is 10.9. The molecule has 0 aliphatic carbocycles. The second kappa shape index (κ2) is 9.17. The Kier molecular flexibility index (Phi) is 6.50. The molecule has 3 aromatic carbocycles. The van der Waals surface area contributed by atoms with Gasteiger partial charge in [-0.15, -0.1) is 0 Å². The van der Waals surface area contributed by atoms with Crippen molar-refractivity contribution in [3.63, 3.8) is 0 Å². The van der Waals surface area contributed by atoms with Crippen LogP contribution in [0.25, 0.3) is 0 Å². The van der Waals surface area contributed by atoms with Gasteiger partial charge in [-0.1, -0.05) is 74.3 Å². The highest BCUT2D eigenvalue weighted by atomic mass is 35.5. The van der Waals surface area contributed by atoms with Crippen LogP contribution in [0, 0.1) is 0 Å². The van der Waals surface area contributed by atoms with Crippen molar-refractivity contribution in [2.24, 2.45) is 4.99 Å². The number of benzene rings is 3. The van der Waals surface area contributed by atoms with Crippen LogP contribution in [-0.2, 0) is 5.41 Å². The van der Waals surface area contributed by atoms with Gasteiger partial charge >= 0.3 is 0 Å². The Hall–Kier alpha value is -2.49. The molecule has 0 fully saturated rings. The first kappa shape index (κ1) is 22.7. The lowest BCUT2D eigenvalue weighted by atomic mass is 9.86. The minimum absolute atomic E-state index is 0.0276. The summed E-state index contributed by atoms with van der Waals surface area (Å²) in [7, 11) is 0. The fourth-order valence-electron chi connectivity index (χ4n) is 3.95. The van der Waals surface area contributed by atoms with Crippen LogP contribution < -0.4 is 10.1 Å². The molecule has 32 heavy (non-hydrogen) atoms. The lowest BCUT2D eigenvalue weighted by Crippen LogP contribution is -2.25. The molecular formula is C27H28Cl2N2O. The molecule has 166 valence electrons. The van der Waals surface area contributed by atoms with Crippen molar-refractivity contribution >= 4 is 29.0 Å². The number of ether oxygens (including phenoxy) is 1. The molecule has 0 bridgehead atoms. The molecule has 1 aliphatic rings. The summed E-state index contributed by atoms with van der Waals surface area (Å²) < 4.78 is 6.04. The normalized spacial score (nSPS) is 18.2. The van der Waals surface area contributed by atoms with Gasteiger partial charge in [0.05, 0.1) is 18.2 Å². The summed E-state index contributed by atoms with van der Waals surface area (Å²) in [4.78, 5) is 5.12. The second-order valence-corrected chi connectivity index (χ2v) is 9.91. The Labute approximate surface area is 200 Å². The number of hydrogen-bond acceptors (Lipinski definition) is 3. The molecule has 1 aliphatic heterocycles. The Morgan fingerprint density at radius 3 is 2.03 bits per heavy atom. The standard InChI is InChI=1S/C27H28Cl2N2O/c1-5-32-23-16-19(27(2,3)4)10-15-22(23)26-30-24(17-6-11-20(28)12-7-17)25(31-26)18-8-13-21(29)14-9-18/h6-16,24-25H,5H2,1-4H3,(H,30,31)/t24-,25+. The van der Waals surface area contributed by atoms with Gasteiger partial charge < -0.3 is 10.1 Å². The third-order valence-electron chi connectivity index (χ3n) is 5.72. The SMILES string of the molecule is CCOc1cc(C(C)(C)C)ccc1C1=N[C@@H](c2ccc(Cl)cc2)[C@@H](c2ccc(Cl)cc2)N1. The van der Waals surface area contributed by atoms with Crippen LogP contribution in [0.1, 0.15) is 62.0 Å². The number of nitrogens with one attached hydrogen (secondary N) is 1. The summed E-state index contributed by atoms with van der Waals surface area (Å²) in [6.45, 7) is 9.21. The van der Waals surface area contributed by atoms with Crippen molar-refractivity contribution in [1.82, 2.24) is 5.32 Å². The quantitative estimate of drug-likeness (QED) is 0.421. The number of halogens is 2. The highest BCUT2D eigenvalue weighted by Gasteiger charge is 2.33. The van der Waals surface area contributed by atoms with E-state index in [4.69, 9.17) is 32.9 Å². The van der Waals surface area contributed by atoms with Crippen LogP contribution in [-0.4, -0.2) is 12.4 Å². The molecule has 0 saturated carbocycles. The molecular weight excluding hydrogens is 439 g/mol. The van der Waals surface area contributed by atoms with Gasteiger partial charge in [-0.2, -0.15) is 0 Å². The van der Waals surface area contributed by atoms with Gasteiger partial charge in [0.2, 0.25) is 0 Å². The minimum atomic E-state index is -0.0970. The van der Waals surface area contributed by atoms with Crippen molar-refractivity contribution in [2.45, 2.75) is 45.2 Å². The van der Waals surface area contributed by atoms with Gasteiger partial charge in [-0.3, -0.25) is 4.99 Å². The summed E-state index contributed by atoms with van der Waals surface area (Å²) in [5, 5.41) is 5.08. The van der Waals surface area contributed by atoms with E-state index in [0.29, 0.717) is 16.7 Å². The maximum absolute atomic E-state index is 6.14. The lowest BCUT2D eigenvalue weighted by Gasteiger charge is -2.22. The lowest BCUT2D eigenvalue weighted by molar-refractivity contribution is 0.338. The van der Waals surface area contributed by atoms with Crippen molar-refractivity contribution in [3.8, 4) is 5.75 Å². The van der Waals surface area contributed by atoms with Gasteiger partial charge in [-0.25, -0.2) is 0 Å². The zero-order valence-corrected chi connectivity index (χ0v) is 20.3. The molecule has 0 saturated heterocycles. The van der Waals surface area contributed by atoms with Crippen molar-refractivity contribution < 1.29 is 4.74 Å². The van der Waals surface area contributed by atoms with E-state index in [2.05, 4.69) is 44.3 Å². The Morgan fingerprint density at radius 2 is 1.47 bits per heavy atom. The van der Waals surface area contributed by atoms with E-state index in [1.807, 2.05) is 55.5 Å². The second-order valence-electron chi connectivity index (χ2n) is 9.04. The van der Waals surface area contributed by atoms with Crippen LogP contribution in [0.15, 0.2) is 71.7 Å². The van der Waals surface area contributed by atoms with Gasteiger partial charge in [0.1, 0.15) is 17.6 Å². The Bertz CT molecular complexity index is 1120. The highest BCUT2D eigenvalue weighted by molar-refractivity contribution is 6.30. The van der Waals surface area contributed by atoms with E-state index in [1.165, 1.54) is 5.56 Å². The summed E-state index contributed by atoms with van der Waals surface area (Å²) in [5.74, 6) is 1.67. The smallest absolute Gasteiger partial charge is 0.133 e. The van der Waals surface area contributed by atoms with E-state index in [1.54, 1.807) is 0 Å². The van der Waals surface area contributed by atoms with E-state index < -0.39 is 0 Å². The van der Waals surface area contributed by atoms with Crippen LogP contribution in [0.3, 0.4) is 0 Å². The predicted octanol–water partition coefficient (Wildman–Crippen LogP) is 7.52. The van der Waals surface area contributed by atoms with Crippen molar-refractivity contribution in [3.05, 3.63) is 99.0 Å². The topological polar surface area (TPSA) is 33.6 Å². The molecule has 0 radical (unpaired) electrons. The van der Waals surface area contributed by atoms with E-state index >= 15 is 0 Å². The molecule has 0 spiro atoms. The summed E-state index contributed by atoms with van der Waals surface area (Å²) in [5.41, 5.74) is 4.45. The first-order valence-corrected chi connectivity index (χ1v) is 11.6. The summed E-state index contributed by atoms with van der Waals surface area (Å²) in [6, 6.07) is 22.1. The number of amidine groups is 1. The van der Waals surface area contributed by atoms with E-state index in [-0.39, 0.29) is 17.5 Å². The number of nitrogens with zero attached hydrogens (tertiary/aromatic N) is 1. The summed E-state index contributed by atoms with van der Waals surface area (Å²) >= 11 is 12.3. The van der Waals surface area contributed by atoms with Gasteiger partial charge in [0, 0.05) is 10.0 Å². The molecule has 4 rings (SSSR count). The largest absolute Gasteiger partial charge is 0.493 e. The molecule has 1 N–H and O–H groups in total. The van der Waals surface area contributed by atoms with Crippen LogP contribution >= 0.6 is 23.2 Å². The molecule has 3 aromatic rings. The Balaban J connectivity index is 1.78. The number of hydrogen-bond donors (Lipinski definition) is 1. The Morgan fingerprint density at radius 1 is 0.875 bits per heavy atom. The molecule has 0 unspecified atom stereocenters. The molecule has 2 atom stereocenters. The van der Waals surface area contributed by atoms with Crippen LogP contribution in [0.5, 0.6) is 5.75 Å². The van der Waals surface area contributed by atoms with Crippen LogP contribution in [0.2, 0.25) is 10.0 Å².